The molecule has 0 spiro atoms. The van der Waals surface area contributed by atoms with Gasteiger partial charge in [-0.2, -0.15) is 0 Å². The molecule has 7 heteroatoms. The quantitative estimate of drug-likeness (QED) is 0.260. The third kappa shape index (κ3) is 6.76. The SMILES string of the molecule is CC1c2cc(OCc3ccccc3)ccc2OC1C(Nc1ccc(C(=O)NCCC(=O)O)cc1)C1CCCCC1. The number of hydrogen-bond donors (Lipinski definition) is 3. The Hall–Kier alpha value is -4.00. The van der Waals surface area contributed by atoms with E-state index in [0.717, 1.165) is 35.6 Å². The molecule has 1 aliphatic heterocycles. The zero-order chi connectivity index (χ0) is 27.9. The lowest BCUT2D eigenvalue weighted by Gasteiger charge is -2.36. The highest BCUT2D eigenvalue weighted by atomic mass is 16.5. The molecule has 7 nitrogen and oxygen atoms in total. The summed E-state index contributed by atoms with van der Waals surface area (Å²) in [5, 5.41) is 15.2. The molecule has 1 aliphatic carbocycles. The first kappa shape index (κ1) is 27.6. The van der Waals surface area contributed by atoms with E-state index in [1.807, 2.05) is 42.5 Å². The van der Waals surface area contributed by atoms with Crippen LogP contribution in [0, 0.1) is 5.92 Å². The van der Waals surface area contributed by atoms with Gasteiger partial charge >= 0.3 is 5.97 Å². The van der Waals surface area contributed by atoms with Gasteiger partial charge in [-0.15, -0.1) is 0 Å². The van der Waals surface area contributed by atoms with Gasteiger partial charge < -0.3 is 25.2 Å². The fourth-order valence-electron chi connectivity index (χ4n) is 5.89. The molecule has 3 N–H and O–H groups in total. The molecule has 0 aromatic heterocycles. The Morgan fingerprint density at radius 1 is 1.00 bits per heavy atom. The van der Waals surface area contributed by atoms with Crippen molar-refractivity contribution in [1.82, 2.24) is 5.32 Å². The Morgan fingerprint density at radius 3 is 2.48 bits per heavy atom. The van der Waals surface area contributed by atoms with Crippen LogP contribution >= 0.6 is 0 Å². The van der Waals surface area contributed by atoms with Crippen LogP contribution < -0.4 is 20.1 Å². The molecule has 1 heterocycles. The van der Waals surface area contributed by atoms with Gasteiger partial charge in [-0.1, -0.05) is 56.5 Å². The number of carbonyl (C=O) groups excluding carboxylic acids is 1. The van der Waals surface area contributed by atoms with E-state index in [1.54, 1.807) is 12.1 Å². The molecule has 40 heavy (non-hydrogen) atoms. The number of hydrogen-bond acceptors (Lipinski definition) is 5. The van der Waals surface area contributed by atoms with Crippen LogP contribution in [0.5, 0.6) is 11.5 Å². The van der Waals surface area contributed by atoms with Crippen molar-refractivity contribution in [2.45, 2.75) is 70.1 Å². The second kappa shape index (κ2) is 12.9. The van der Waals surface area contributed by atoms with Crippen LogP contribution in [0.3, 0.4) is 0 Å². The summed E-state index contributed by atoms with van der Waals surface area (Å²) in [5.74, 6) is 1.23. The average Bonchev–Trinajstić information content (AvgIpc) is 3.31. The van der Waals surface area contributed by atoms with Crippen LogP contribution in [0.25, 0.3) is 0 Å². The zero-order valence-electron chi connectivity index (χ0n) is 23.0. The molecule has 5 rings (SSSR count). The van der Waals surface area contributed by atoms with E-state index in [9.17, 15) is 9.59 Å². The third-order valence-corrected chi connectivity index (χ3v) is 8.09. The van der Waals surface area contributed by atoms with Crippen LogP contribution in [0.2, 0.25) is 0 Å². The molecule has 0 bridgehead atoms. The van der Waals surface area contributed by atoms with Gasteiger partial charge in [0.05, 0.1) is 12.5 Å². The minimum Gasteiger partial charge on any atom is -0.489 e. The van der Waals surface area contributed by atoms with E-state index in [4.69, 9.17) is 14.6 Å². The number of carbonyl (C=O) groups is 2. The molecule has 0 radical (unpaired) electrons. The van der Waals surface area contributed by atoms with Crippen molar-refractivity contribution in [2.24, 2.45) is 5.92 Å². The molecule has 2 aliphatic rings. The molecule has 3 aromatic rings. The number of carboxylic acid groups (broad SMARTS) is 1. The minimum atomic E-state index is -0.935. The topological polar surface area (TPSA) is 96.9 Å². The van der Waals surface area contributed by atoms with Crippen LogP contribution in [0.1, 0.15) is 72.9 Å². The molecular weight excluding hydrogens is 504 g/mol. The number of fused-ring (bicyclic) bond motifs is 1. The normalized spacial score (nSPS) is 19.2. The number of anilines is 1. The summed E-state index contributed by atoms with van der Waals surface area (Å²) in [6.45, 7) is 2.87. The average molecular weight is 543 g/mol. The molecule has 3 unspecified atom stereocenters. The fraction of sp³-hybridized carbons (Fsp3) is 0.394. The van der Waals surface area contributed by atoms with Crippen molar-refractivity contribution < 1.29 is 24.2 Å². The van der Waals surface area contributed by atoms with E-state index >= 15 is 0 Å². The third-order valence-electron chi connectivity index (χ3n) is 8.09. The number of aliphatic carboxylic acids is 1. The number of benzene rings is 3. The van der Waals surface area contributed by atoms with Crippen molar-refractivity contribution in [3.8, 4) is 11.5 Å². The van der Waals surface area contributed by atoms with Crippen LogP contribution in [0.4, 0.5) is 5.69 Å². The number of rotatable bonds is 11. The molecular formula is C33H38N2O5. The van der Waals surface area contributed by atoms with Gasteiger partial charge in [-0.25, -0.2) is 0 Å². The van der Waals surface area contributed by atoms with Gasteiger partial charge in [0, 0.05) is 29.3 Å². The van der Waals surface area contributed by atoms with E-state index in [0.29, 0.717) is 18.1 Å². The molecule has 1 fully saturated rings. The largest absolute Gasteiger partial charge is 0.489 e. The van der Waals surface area contributed by atoms with Crippen molar-refractivity contribution in [1.29, 1.82) is 0 Å². The molecule has 3 atom stereocenters. The summed E-state index contributed by atoms with van der Waals surface area (Å²) in [4.78, 5) is 23.1. The van der Waals surface area contributed by atoms with Crippen molar-refractivity contribution in [3.05, 3.63) is 89.5 Å². The molecule has 0 saturated heterocycles. The maximum Gasteiger partial charge on any atom is 0.305 e. The smallest absolute Gasteiger partial charge is 0.305 e. The molecule has 3 aromatic carbocycles. The highest BCUT2D eigenvalue weighted by Crippen LogP contribution is 2.44. The number of ether oxygens (including phenoxy) is 2. The predicted molar refractivity (Wildman–Crippen MR) is 155 cm³/mol. The Morgan fingerprint density at radius 2 is 1.75 bits per heavy atom. The van der Waals surface area contributed by atoms with Gasteiger partial charge in [0.1, 0.15) is 24.2 Å². The molecule has 1 saturated carbocycles. The molecule has 210 valence electrons. The van der Waals surface area contributed by atoms with Crippen LogP contribution in [0.15, 0.2) is 72.8 Å². The van der Waals surface area contributed by atoms with Crippen molar-refractivity contribution in [3.63, 3.8) is 0 Å². The Kier molecular flexibility index (Phi) is 8.89. The lowest BCUT2D eigenvalue weighted by Crippen LogP contribution is -2.44. The van der Waals surface area contributed by atoms with Crippen molar-refractivity contribution >= 4 is 17.6 Å². The highest BCUT2D eigenvalue weighted by Gasteiger charge is 2.41. The van der Waals surface area contributed by atoms with E-state index < -0.39 is 5.97 Å². The predicted octanol–water partition coefficient (Wildman–Crippen LogP) is 6.40. The summed E-state index contributed by atoms with van der Waals surface area (Å²) in [5.41, 5.74) is 3.75. The van der Waals surface area contributed by atoms with E-state index in [2.05, 4.69) is 35.8 Å². The van der Waals surface area contributed by atoms with Crippen LogP contribution in [-0.4, -0.2) is 35.7 Å². The fourth-order valence-corrected chi connectivity index (χ4v) is 5.89. The first-order chi connectivity index (χ1) is 19.5. The van der Waals surface area contributed by atoms with Gasteiger partial charge in [0.2, 0.25) is 0 Å². The highest BCUT2D eigenvalue weighted by molar-refractivity contribution is 5.94. The first-order valence-electron chi connectivity index (χ1n) is 14.3. The van der Waals surface area contributed by atoms with Gasteiger partial charge in [0.15, 0.2) is 0 Å². The summed E-state index contributed by atoms with van der Waals surface area (Å²) in [6.07, 6.45) is 5.93. The number of nitrogens with one attached hydrogen (secondary N) is 2. The molecule has 1 amide bonds. The second-order valence-corrected chi connectivity index (χ2v) is 10.9. The number of carboxylic acids is 1. The van der Waals surface area contributed by atoms with E-state index in [1.165, 1.54) is 24.8 Å². The standard InChI is InChI=1S/C33H38N2O5/c1-22-28-20-27(39-21-23-8-4-2-5-9-23)16-17-29(28)40-32(22)31(24-10-6-3-7-11-24)35-26-14-12-25(13-15-26)33(38)34-19-18-30(36)37/h2,4-5,8-9,12-17,20,22,24,31-32,35H,3,6-7,10-11,18-19,21H2,1H3,(H,34,38)(H,36,37). The Labute approximate surface area is 235 Å². The summed E-state index contributed by atoms with van der Waals surface area (Å²) >= 11 is 0. The second-order valence-electron chi connectivity index (χ2n) is 10.9. The lowest BCUT2D eigenvalue weighted by molar-refractivity contribution is -0.136. The van der Waals surface area contributed by atoms with Gasteiger partial charge in [0.25, 0.3) is 5.91 Å². The van der Waals surface area contributed by atoms with E-state index in [-0.39, 0.29) is 36.9 Å². The summed E-state index contributed by atoms with van der Waals surface area (Å²) < 4.78 is 12.7. The maximum atomic E-state index is 12.4. The minimum absolute atomic E-state index is 0.0264. The summed E-state index contributed by atoms with van der Waals surface area (Å²) in [6, 6.07) is 23.8. The van der Waals surface area contributed by atoms with Gasteiger partial charge in [-0.05, 0) is 66.8 Å². The summed E-state index contributed by atoms with van der Waals surface area (Å²) in [7, 11) is 0. The van der Waals surface area contributed by atoms with Crippen molar-refractivity contribution in [2.75, 3.05) is 11.9 Å². The van der Waals surface area contributed by atoms with Gasteiger partial charge in [-0.3, -0.25) is 9.59 Å². The zero-order valence-corrected chi connectivity index (χ0v) is 23.0. The number of amides is 1. The Bertz CT molecular complexity index is 1290. The first-order valence-corrected chi connectivity index (χ1v) is 14.3. The maximum absolute atomic E-state index is 12.4. The Balaban J connectivity index is 1.28. The van der Waals surface area contributed by atoms with Crippen LogP contribution in [-0.2, 0) is 11.4 Å². The monoisotopic (exact) mass is 542 g/mol. The lowest BCUT2D eigenvalue weighted by atomic mass is 9.78.